The number of nitrogens with one attached hydrogen (secondary N) is 1. The van der Waals surface area contributed by atoms with Crippen molar-refractivity contribution < 1.29 is 65.9 Å². The number of ether oxygens (including phenoxy) is 5. The minimum atomic E-state index is -0.666. The summed E-state index contributed by atoms with van der Waals surface area (Å²) in [7, 11) is 0. The fourth-order valence-electron chi connectivity index (χ4n) is 12.3. The molecular weight excluding hydrogens is 1560 g/mol. The molecule has 0 saturated carbocycles. The third-order valence-electron chi connectivity index (χ3n) is 18.3. The van der Waals surface area contributed by atoms with Crippen LogP contribution in [0.15, 0.2) is 110 Å². The Balaban J connectivity index is 0.000000180. The summed E-state index contributed by atoms with van der Waals surface area (Å²) < 4.78 is 75.0. The first kappa shape index (κ1) is 84.4. The highest BCUT2D eigenvalue weighted by atomic mass is 35.5. The van der Waals surface area contributed by atoms with E-state index in [1.165, 1.54) is 50.2 Å². The highest BCUT2D eigenvalue weighted by molar-refractivity contribution is 6.64. The molecular formula is C76H80Cl7F3N12O11. The second-order valence-corrected chi connectivity index (χ2v) is 28.7. The molecule has 9 heterocycles. The van der Waals surface area contributed by atoms with Crippen LogP contribution in [0.4, 0.5) is 13.2 Å². The average Bonchev–Trinajstić information content (AvgIpc) is 1.73. The fourth-order valence-corrected chi connectivity index (χ4v) is 14.4. The zero-order valence-corrected chi connectivity index (χ0v) is 66.0. The summed E-state index contributed by atoms with van der Waals surface area (Å²) in [6.45, 7) is 16.6. The van der Waals surface area contributed by atoms with Gasteiger partial charge in [0.15, 0.2) is 13.2 Å². The van der Waals surface area contributed by atoms with Gasteiger partial charge in [0, 0.05) is 142 Å². The van der Waals surface area contributed by atoms with Crippen LogP contribution in [0.2, 0.25) is 30.1 Å². The summed E-state index contributed by atoms with van der Waals surface area (Å²) in [6, 6.07) is 14.4. The molecule has 3 fully saturated rings. The number of pyridine rings is 3. The van der Waals surface area contributed by atoms with Crippen molar-refractivity contribution >= 4 is 110 Å². The number of rotatable bonds is 20. The van der Waals surface area contributed by atoms with Crippen LogP contribution >= 0.6 is 81.2 Å². The molecule has 12 rings (SSSR count). The molecule has 3 unspecified atom stereocenters. The van der Waals surface area contributed by atoms with Gasteiger partial charge in [-0.1, -0.05) is 69.6 Å². The van der Waals surface area contributed by atoms with Gasteiger partial charge in [-0.15, -0.1) is 0 Å². The molecule has 2 amide bonds. The topological polar surface area (TPSA) is 262 Å². The average molecular weight is 1640 g/mol. The van der Waals surface area contributed by atoms with Crippen molar-refractivity contribution in [2.75, 3.05) is 59.1 Å². The number of hydrogen-bond donors (Lipinski definition) is 2. The molecule has 3 atom stereocenters. The number of halogens is 10. The molecule has 0 aliphatic carbocycles. The Bertz CT molecular complexity index is 4690. The second kappa shape index (κ2) is 39.4. The van der Waals surface area contributed by atoms with Crippen molar-refractivity contribution in [1.82, 2.24) is 59.4 Å². The van der Waals surface area contributed by atoms with Crippen LogP contribution in [0.5, 0.6) is 17.2 Å². The maximum absolute atomic E-state index is 14.0. The Morgan fingerprint density at radius 2 is 0.789 bits per heavy atom. The SMILES string of the molecule is CC(=O)OCC(=O)Cl.CC(=O)OCC(=O)N1CCC(n2cc(-c3cnc(C)c(OC(C)c4c(Cl)ccc(F)c4Cl)c3)cn2)CC1.Cc1ncc(-c2cnn(C3CCN(C(=O)CO)CC3)c2)cc1OC(C)c1c(Cl)ccc(F)c1Cl.Cc1ncc(-c2cnn(C3CCNCC3)c2)cc1OC(C)c1c(Cl)ccc(F)c1Cl. The molecule has 109 heavy (non-hydrogen) atoms. The van der Waals surface area contributed by atoms with Crippen molar-refractivity contribution in [1.29, 1.82) is 0 Å². The van der Waals surface area contributed by atoms with Gasteiger partial charge >= 0.3 is 11.9 Å². The Kier molecular flexibility index (Phi) is 30.5. The number of carbonyl (C=O) groups is 5. The van der Waals surface area contributed by atoms with Crippen molar-refractivity contribution in [3.05, 3.63) is 192 Å². The molecule has 3 saturated heterocycles. The summed E-state index contributed by atoms with van der Waals surface area (Å²) in [6.07, 6.45) is 20.0. The zero-order valence-electron chi connectivity index (χ0n) is 60.7. The third-order valence-corrected chi connectivity index (χ3v) is 20.5. The second-order valence-electron chi connectivity index (χ2n) is 25.9. The largest absolute Gasteiger partial charge is 0.484 e. The summed E-state index contributed by atoms with van der Waals surface area (Å²) in [4.78, 5) is 71.3. The van der Waals surface area contributed by atoms with Gasteiger partial charge in [0.25, 0.3) is 11.1 Å². The monoisotopic (exact) mass is 1640 g/mol. The van der Waals surface area contributed by atoms with Crippen molar-refractivity contribution in [3.63, 3.8) is 0 Å². The van der Waals surface area contributed by atoms with E-state index in [0.717, 1.165) is 90.7 Å². The van der Waals surface area contributed by atoms with E-state index in [-0.39, 0.29) is 52.2 Å². The maximum Gasteiger partial charge on any atom is 0.303 e. The third kappa shape index (κ3) is 22.6. The number of amides is 2. The molecule has 0 bridgehead atoms. The molecule has 9 aromatic rings. The molecule has 2 N–H and O–H groups in total. The molecule has 580 valence electrons. The highest BCUT2D eigenvalue weighted by Crippen LogP contribution is 2.41. The van der Waals surface area contributed by atoms with Crippen LogP contribution in [0.3, 0.4) is 0 Å². The molecule has 3 aliphatic rings. The van der Waals surface area contributed by atoms with Crippen LogP contribution in [-0.4, -0.2) is 147 Å². The van der Waals surface area contributed by atoms with Crippen molar-refractivity contribution in [3.8, 4) is 50.6 Å². The molecule has 3 aliphatic heterocycles. The van der Waals surface area contributed by atoms with E-state index < -0.39 is 59.6 Å². The molecule has 6 aromatic heterocycles. The van der Waals surface area contributed by atoms with E-state index in [1.807, 2.05) is 71.6 Å². The number of aromatic nitrogens is 9. The van der Waals surface area contributed by atoms with Crippen LogP contribution in [0.25, 0.3) is 33.4 Å². The summed E-state index contributed by atoms with van der Waals surface area (Å²) in [5.74, 6) is -1.41. The van der Waals surface area contributed by atoms with E-state index in [4.69, 9.17) is 105 Å². The standard InChI is InChI=1S/C26H27Cl2FN4O4.C24H25Cl2FN4O3.C22H23Cl2FN4O.C4H5ClO3/c1-15-23(37-16(2)25-21(27)4-5-22(29)26(25)28)10-18(11-30-15)19-12-31-33(13-19)20-6-8-32(9-7-20)24(35)14-36-17(3)34;1-14-21(34-15(2)23-19(25)3-4-20(27)24(23)26)9-16(10-28-14)17-11-29-31(12-17)18-5-7-30(8-6-18)22(33)13-32;1-13-20(30-14(2)21-18(23)3-4-19(25)22(21)24)9-15(10-27-13)16-11-28-29(12-16)17-5-7-26-8-6-17;1-3(6)8-2-4(5)7/h4-5,10-13,16,20H,6-9,14H2,1-3H3;3-4,9-12,15,18,32H,5-8,13H2,1-2H3;3-4,9-12,14,17,26H,5-8H2,1-2H3;2H2,1H3. The number of hydrogen-bond acceptors (Lipinski definition) is 18. The quantitative estimate of drug-likeness (QED) is 0.0408. The summed E-state index contributed by atoms with van der Waals surface area (Å²) in [5.41, 5.74) is 8.48. The summed E-state index contributed by atoms with van der Waals surface area (Å²) >= 11 is 42.0. The minimum Gasteiger partial charge on any atom is -0.484 e. The van der Waals surface area contributed by atoms with E-state index >= 15 is 0 Å². The van der Waals surface area contributed by atoms with Gasteiger partial charge in [0.2, 0.25) is 5.91 Å². The Morgan fingerprint density at radius 1 is 0.477 bits per heavy atom. The number of nitrogens with zero attached hydrogens (tertiary/aromatic N) is 11. The minimum absolute atomic E-state index is 0.0278. The lowest BCUT2D eigenvalue weighted by atomic mass is 10.1. The van der Waals surface area contributed by atoms with Crippen LogP contribution in [-0.2, 0) is 33.4 Å². The molecule has 0 radical (unpaired) electrons. The van der Waals surface area contributed by atoms with E-state index in [0.29, 0.717) is 92.6 Å². The number of piperidine rings is 3. The predicted octanol–water partition coefficient (Wildman–Crippen LogP) is 16.6. The zero-order chi connectivity index (χ0) is 78.9. The first-order valence-electron chi connectivity index (χ1n) is 34.7. The molecule has 0 spiro atoms. The normalized spacial score (nSPS) is 14.9. The first-order chi connectivity index (χ1) is 52.0. The fraction of sp³-hybridized carbons (Fsp3) is 0.382. The maximum atomic E-state index is 14.0. The Labute approximate surface area is 663 Å². The number of benzene rings is 3. The molecule has 33 heteroatoms. The van der Waals surface area contributed by atoms with E-state index in [9.17, 15) is 37.1 Å². The Morgan fingerprint density at radius 3 is 1.09 bits per heavy atom. The van der Waals surface area contributed by atoms with Crippen molar-refractivity contribution in [2.45, 2.75) is 130 Å². The van der Waals surface area contributed by atoms with Crippen LogP contribution in [0, 0.1) is 38.2 Å². The van der Waals surface area contributed by atoms with E-state index in [1.54, 1.807) is 61.6 Å². The Hall–Kier alpha value is -8.57. The lowest BCUT2D eigenvalue weighted by molar-refractivity contribution is -0.150. The number of aryl methyl sites for hydroxylation is 3. The van der Waals surface area contributed by atoms with E-state index in [2.05, 4.69) is 46.5 Å². The molecule has 3 aromatic carbocycles. The summed E-state index contributed by atoms with van der Waals surface area (Å²) in [5, 5.41) is 26.2. The number of esters is 2. The number of aliphatic hydroxyl groups excluding tert-OH is 1. The number of likely N-dealkylation sites (tertiary alicyclic amines) is 2. The van der Waals surface area contributed by atoms with Gasteiger partial charge in [0.1, 0.15) is 59.6 Å². The van der Waals surface area contributed by atoms with Gasteiger partial charge in [0.05, 0.1) is 68.9 Å². The molecule has 23 nitrogen and oxygen atoms in total. The van der Waals surface area contributed by atoms with Crippen LogP contribution < -0.4 is 19.5 Å². The first-order valence-corrected chi connectivity index (χ1v) is 37.4. The lowest BCUT2D eigenvalue weighted by Gasteiger charge is -2.31. The smallest absolute Gasteiger partial charge is 0.303 e. The number of aliphatic hydroxyl groups is 1. The number of carbonyl (C=O) groups excluding carboxylic acids is 5. The van der Waals surface area contributed by atoms with Gasteiger partial charge in [-0.25, -0.2) is 13.2 Å². The lowest BCUT2D eigenvalue weighted by Crippen LogP contribution is -2.41. The highest BCUT2D eigenvalue weighted by Gasteiger charge is 2.29. The van der Waals surface area contributed by atoms with Gasteiger partial charge in [-0.05, 0) is 159 Å². The van der Waals surface area contributed by atoms with Gasteiger partial charge < -0.3 is 43.9 Å². The predicted molar refractivity (Wildman–Crippen MR) is 409 cm³/mol. The van der Waals surface area contributed by atoms with Crippen molar-refractivity contribution in [2.24, 2.45) is 0 Å². The van der Waals surface area contributed by atoms with Gasteiger partial charge in [-0.2, -0.15) is 15.3 Å². The van der Waals surface area contributed by atoms with Gasteiger partial charge in [-0.3, -0.25) is 53.0 Å². The van der Waals surface area contributed by atoms with Crippen LogP contribution in [0.1, 0.15) is 143 Å².